The van der Waals surface area contributed by atoms with Crippen molar-refractivity contribution in [2.24, 2.45) is 0 Å². The van der Waals surface area contributed by atoms with Crippen LogP contribution in [0.5, 0.6) is 0 Å². The first-order valence-electron chi connectivity index (χ1n) is 10.4. The van der Waals surface area contributed by atoms with Gasteiger partial charge in [-0.15, -0.1) is 0 Å². The van der Waals surface area contributed by atoms with Gasteiger partial charge in [-0.3, -0.25) is 9.69 Å². The van der Waals surface area contributed by atoms with Gasteiger partial charge in [-0.2, -0.15) is 5.10 Å². The van der Waals surface area contributed by atoms with Gasteiger partial charge in [0.25, 0.3) is 5.91 Å². The van der Waals surface area contributed by atoms with Gasteiger partial charge < -0.3 is 5.32 Å². The molecule has 156 valence electrons. The summed E-state index contributed by atoms with van der Waals surface area (Å²) in [6, 6.07) is 16.2. The Hall–Kier alpha value is -2.63. The van der Waals surface area contributed by atoms with Gasteiger partial charge >= 0.3 is 0 Å². The van der Waals surface area contributed by atoms with Gasteiger partial charge in [-0.05, 0) is 63.0 Å². The van der Waals surface area contributed by atoms with Crippen molar-refractivity contribution in [2.75, 3.05) is 18.4 Å². The summed E-state index contributed by atoms with van der Waals surface area (Å²) in [5.74, 6) is -0.231. The maximum atomic E-state index is 13.0. The zero-order valence-electron chi connectivity index (χ0n) is 17.5. The molecule has 0 atom stereocenters. The molecule has 1 amide bonds. The zero-order valence-corrected chi connectivity index (χ0v) is 18.2. The Labute approximate surface area is 182 Å². The highest BCUT2D eigenvalue weighted by Crippen LogP contribution is 2.23. The van der Waals surface area contributed by atoms with Crippen molar-refractivity contribution in [1.82, 2.24) is 14.7 Å². The van der Waals surface area contributed by atoms with E-state index in [0.29, 0.717) is 23.0 Å². The van der Waals surface area contributed by atoms with Gasteiger partial charge in [0.15, 0.2) is 0 Å². The molecular weight excluding hydrogens is 396 g/mol. The third kappa shape index (κ3) is 4.74. The number of carbonyl (C=O) groups is 1. The minimum Gasteiger partial charge on any atom is -0.322 e. The van der Waals surface area contributed by atoms with Gasteiger partial charge in [0.2, 0.25) is 0 Å². The summed E-state index contributed by atoms with van der Waals surface area (Å²) in [5.41, 5.74) is 5.32. The number of anilines is 1. The lowest BCUT2D eigenvalue weighted by Gasteiger charge is -2.15. The third-order valence-corrected chi connectivity index (χ3v) is 5.92. The number of nitrogens with one attached hydrogen (secondary N) is 1. The normalized spacial score (nSPS) is 14.2. The lowest BCUT2D eigenvalue weighted by molar-refractivity contribution is 0.102. The third-order valence-electron chi connectivity index (χ3n) is 5.54. The van der Waals surface area contributed by atoms with Crippen molar-refractivity contribution in [2.45, 2.75) is 39.8 Å². The maximum Gasteiger partial charge on any atom is 0.260 e. The van der Waals surface area contributed by atoms with E-state index in [4.69, 9.17) is 11.6 Å². The summed E-state index contributed by atoms with van der Waals surface area (Å²) >= 11 is 6.55. The number of aryl methyl sites for hydroxylation is 2. The summed E-state index contributed by atoms with van der Waals surface area (Å²) in [6.45, 7) is 7.60. The molecule has 0 unspecified atom stereocenters. The van der Waals surface area contributed by atoms with E-state index in [9.17, 15) is 4.79 Å². The number of nitrogens with zero attached hydrogens (tertiary/aromatic N) is 3. The molecule has 0 spiro atoms. The van der Waals surface area contributed by atoms with Crippen molar-refractivity contribution in [3.63, 3.8) is 0 Å². The van der Waals surface area contributed by atoms with Gasteiger partial charge in [0.05, 0.1) is 17.8 Å². The molecule has 1 aliphatic heterocycles. The molecule has 4 rings (SSSR count). The molecule has 2 aromatic carbocycles. The van der Waals surface area contributed by atoms with E-state index in [-0.39, 0.29) is 5.91 Å². The topological polar surface area (TPSA) is 50.2 Å². The largest absolute Gasteiger partial charge is 0.322 e. The molecule has 1 N–H and O–H groups in total. The van der Waals surface area contributed by atoms with E-state index >= 15 is 0 Å². The maximum absolute atomic E-state index is 13.0. The number of benzene rings is 2. The van der Waals surface area contributed by atoms with Crippen LogP contribution in [-0.2, 0) is 13.1 Å². The summed E-state index contributed by atoms with van der Waals surface area (Å²) in [5, 5.41) is 7.85. The van der Waals surface area contributed by atoms with Crippen LogP contribution in [0, 0.1) is 13.8 Å². The van der Waals surface area contributed by atoms with E-state index in [1.807, 2.05) is 37.3 Å². The molecule has 5 nitrogen and oxygen atoms in total. The standard InChI is InChI=1S/C24H27ClN4O/c1-17-8-10-19(11-9-17)16-29-23(25)22(18(2)27-29)24(30)26-21-7-5-6-20(14-21)15-28-12-3-4-13-28/h5-11,14H,3-4,12-13,15-16H2,1-2H3,(H,26,30). The van der Waals surface area contributed by atoms with Crippen LogP contribution < -0.4 is 5.32 Å². The number of likely N-dealkylation sites (tertiary alicyclic amines) is 1. The van der Waals surface area contributed by atoms with Crippen molar-refractivity contribution in [3.8, 4) is 0 Å². The number of aromatic nitrogens is 2. The van der Waals surface area contributed by atoms with E-state index < -0.39 is 0 Å². The Balaban J connectivity index is 1.48. The summed E-state index contributed by atoms with van der Waals surface area (Å²) in [7, 11) is 0. The lowest BCUT2D eigenvalue weighted by atomic mass is 10.1. The molecule has 0 bridgehead atoms. The van der Waals surface area contributed by atoms with Crippen molar-refractivity contribution in [1.29, 1.82) is 0 Å². The predicted octanol–water partition coefficient (Wildman–Crippen LogP) is 5.05. The Morgan fingerprint density at radius 1 is 1.03 bits per heavy atom. The van der Waals surface area contributed by atoms with Crippen LogP contribution in [0.2, 0.25) is 5.15 Å². The Bertz CT molecular complexity index is 1040. The van der Waals surface area contributed by atoms with Crippen LogP contribution in [0.4, 0.5) is 5.69 Å². The monoisotopic (exact) mass is 422 g/mol. The lowest BCUT2D eigenvalue weighted by Crippen LogP contribution is -2.18. The molecule has 1 saturated heterocycles. The fraction of sp³-hybridized carbons (Fsp3) is 0.333. The number of halogens is 1. The van der Waals surface area contributed by atoms with Crippen LogP contribution in [0.1, 0.15) is 45.6 Å². The molecule has 0 radical (unpaired) electrons. The fourth-order valence-corrected chi connectivity index (χ4v) is 4.24. The van der Waals surface area contributed by atoms with E-state index in [2.05, 4.69) is 40.4 Å². The number of hydrogen-bond donors (Lipinski definition) is 1. The smallest absolute Gasteiger partial charge is 0.260 e. The predicted molar refractivity (Wildman–Crippen MR) is 121 cm³/mol. The van der Waals surface area contributed by atoms with E-state index in [0.717, 1.165) is 30.9 Å². The average Bonchev–Trinajstić information content (AvgIpc) is 3.31. The second-order valence-electron chi connectivity index (χ2n) is 8.03. The highest BCUT2D eigenvalue weighted by molar-refractivity contribution is 6.33. The minimum atomic E-state index is -0.231. The van der Waals surface area contributed by atoms with Crippen molar-refractivity contribution in [3.05, 3.63) is 81.6 Å². The first-order chi connectivity index (χ1) is 14.5. The van der Waals surface area contributed by atoms with Gasteiger partial charge in [-0.25, -0.2) is 4.68 Å². The molecular formula is C24H27ClN4O. The molecule has 2 heterocycles. The second kappa shape index (κ2) is 9.02. The molecule has 1 aromatic heterocycles. The molecule has 30 heavy (non-hydrogen) atoms. The molecule has 6 heteroatoms. The number of carbonyl (C=O) groups excluding carboxylic acids is 1. The zero-order chi connectivity index (χ0) is 21.1. The number of hydrogen-bond acceptors (Lipinski definition) is 3. The molecule has 1 aliphatic rings. The average molecular weight is 423 g/mol. The first-order valence-corrected chi connectivity index (χ1v) is 10.8. The Kier molecular flexibility index (Phi) is 6.21. The van der Waals surface area contributed by atoms with Gasteiger partial charge in [0, 0.05) is 12.2 Å². The first kappa shape index (κ1) is 20.6. The summed E-state index contributed by atoms with van der Waals surface area (Å²) in [4.78, 5) is 15.4. The van der Waals surface area contributed by atoms with E-state index in [1.165, 1.54) is 24.0 Å². The number of amides is 1. The fourth-order valence-electron chi connectivity index (χ4n) is 3.92. The highest BCUT2D eigenvalue weighted by atomic mass is 35.5. The summed E-state index contributed by atoms with van der Waals surface area (Å²) in [6.07, 6.45) is 2.53. The van der Waals surface area contributed by atoms with Crippen molar-refractivity contribution < 1.29 is 4.79 Å². The Morgan fingerprint density at radius 3 is 2.50 bits per heavy atom. The Morgan fingerprint density at radius 2 is 1.77 bits per heavy atom. The number of rotatable bonds is 6. The minimum absolute atomic E-state index is 0.231. The highest BCUT2D eigenvalue weighted by Gasteiger charge is 2.21. The SMILES string of the molecule is Cc1ccc(Cn2nc(C)c(C(=O)Nc3cccc(CN4CCCC4)c3)c2Cl)cc1. The van der Waals surface area contributed by atoms with Gasteiger partial charge in [-0.1, -0.05) is 53.6 Å². The molecule has 0 saturated carbocycles. The van der Waals surface area contributed by atoms with Gasteiger partial charge in [0.1, 0.15) is 5.15 Å². The molecule has 3 aromatic rings. The molecule has 1 fully saturated rings. The van der Waals surface area contributed by atoms with Crippen molar-refractivity contribution >= 4 is 23.2 Å². The molecule has 0 aliphatic carbocycles. The van der Waals surface area contributed by atoms with Crippen LogP contribution in [0.3, 0.4) is 0 Å². The quantitative estimate of drug-likeness (QED) is 0.604. The van der Waals surface area contributed by atoms with Crippen LogP contribution in [-0.4, -0.2) is 33.7 Å². The van der Waals surface area contributed by atoms with Crippen LogP contribution in [0.15, 0.2) is 48.5 Å². The van der Waals surface area contributed by atoms with E-state index in [1.54, 1.807) is 4.68 Å². The van der Waals surface area contributed by atoms with Crippen LogP contribution >= 0.6 is 11.6 Å². The summed E-state index contributed by atoms with van der Waals surface area (Å²) < 4.78 is 1.68. The van der Waals surface area contributed by atoms with Crippen LogP contribution in [0.25, 0.3) is 0 Å². The second-order valence-corrected chi connectivity index (χ2v) is 8.39.